The standard InChI is InChI=1S/C19H25FN6O/c1-24(18-2-4-22-19(23-18)26-6-8-27-9-7-26)17-3-5-25(14-17)13-15-10-16(20)12-21-11-15/h2,4,10-12,17H,3,5-9,13-14H2,1H3. The lowest BCUT2D eigenvalue weighted by molar-refractivity contribution is 0.122. The first-order chi connectivity index (χ1) is 13.2. The van der Waals surface area contributed by atoms with Gasteiger partial charge in [0.25, 0.3) is 0 Å². The van der Waals surface area contributed by atoms with Crippen LogP contribution in [0.2, 0.25) is 0 Å². The summed E-state index contributed by atoms with van der Waals surface area (Å²) in [5, 5.41) is 0. The van der Waals surface area contributed by atoms with Gasteiger partial charge in [0.1, 0.15) is 11.6 Å². The molecule has 2 aromatic rings. The number of morpholine rings is 1. The molecule has 7 nitrogen and oxygen atoms in total. The number of halogens is 1. The van der Waals surface area contributed by atoms with Gasteiger partial charge in [0.2, 0.25) is 5.95 Å². The monoisotopic (exact) mass is 372 g/mol. The SMILES string of the molecule is CN(c1ccnc(N2CCOCC2)n1)C1CCN(Cc2cncc(F)c2)C1. The van der Waals surface area contributed by atoms with E-state index in [1.807, 2.05) is 12.3 Å². The number of hydrogen-bond acceptors (Lipinski definition) is 7. The van der Waals surface area contributed by atoms with Crippen LogP contribution in [0, 0.1) is 5.82 Å². The van der Waals surface area contributed by atoms with Crippen LogP contribution in [-0.2, 0) is 11.3 Å². The van der Waals surface area contributed by atoms with E-state index in [2.05, 4.69) is 31.7 Å². The zero-order valence-electron chi connectivity index (χ0n) is 15.6. The number of pyridine rings is 1. The minimum absolute atomic E-state index is 0.281. The van der Waals surface area contributed by atoms with Crippen molar-refractivity contribution in [2.75, 3.05) is 56.2 Å². The van der Waals surface area contributed by atoms with Crippen LogP contribution in [0.4, 0.5) is 16.2 Å². The number of nitrogens with zero attached hydrogens (tertiary/aromatic N) is 6. The topological polar surface area (TPSA) is 57.6 Å². The number of aromatic nitrogens is 3. The van der Waals surface area contributed by atoms with Crippen LogP contribution < -0.4 is 9.80 Å². The number of anilines is 2. The number of likely N-dealkylation sites (N-methyl/N-ethyl adjacent to an activating group) is 1. The fraction of sp³-hybridized carbons (Fsp3) is 0.526. The van der Waals surface area contributed by atoms with E-state index in [0.717, 1.165) is 69.7 Å². The zero-order chi connectivity index (χ0) is 18.6. The van der Waals surface area contributed by atoms with E-state index in [1.165, 1.54) is 6.20 Å². The van der Waals surface area contributed by atoms with Gasteiger partial charge < -0.3 is 14.5 Å². The summed E-state index contributed by atoms with van der Waals surface area (Å²) in [6, 6.07) is 3.89. The molecule has 0 aromatic carbocycles. The lowest BCUT2D eigenvalue weighted by Crippen LogP contribution is -2.38. The molecular formula is C19H25FN6O. The molecule has 0 amide bonds. The molecule has 2 aliphatic rings. The van der Waals surface area contributed by atoms with Crippen molar-refractivity contribution < 1.29 is 9.13 Å². The van der Waals surface area contributed by atoms with Gasteiger partial charge in [0.05, 0.1) is 19.4 Å². The van der Waals surface area contributed by atoms with E-state index in [1.54, 1.807) is 12.3 Å². The summed E-state index contributed by atoms with van der Waals surface area (Å²) >= 11 is 0. The molecule has 2 fully saturated rings. The highest BCUT2D eigenvalue weighted by molar-refractivity contribution is 5.44. The van der Waals surface area contributed by atoms with Gasteiger partial charge in [-0.1, -0.05) is 0 Å². The quantitative estimate of drug-likeness (QED) is 0.789. The molecule has 0 bridgehead atoms. The fourth-order valence-corrected chi connectivity index (χ4v) is 3.71. The molecule has 4 heterocycles. The molecule has 0 radical (unpaired) electrons. The van der Waals surface area contributed by atoms with Gasteiger partial charge >= 0.3 is 0 Å². The van der Waals surface area contributed by atoms with Gasteiger partial charge in [0.15, 0.2) is 0 Å². The third-order valence-electron chi connectivity index (χ3n) is 5.25. The smallest absolute Gasteiger partial charge is 0.227 e. The number of hydrogen-bond donors (Lipinski definition) is 0. The van der Waals surface area contributed by atoms with Crippen molar-refractivity contribution in [1.29, 1.82) is 0 Å². The minimum Gasteiger partial charge on any atom is -0.378 e. The van der Waals surface area contributed by atoms with Crippen LogP contribution in [0.1, 0.15) is 12.0 Å². The van der Waals surface area contributed by atoms with Crippen molar-refractivity contribution >= 4 is 11.8 Å². The Labute approximate surface area is 158 Å². The first kappa shape index (κ1) is 18.1. The first-order valence-corrected chi connectivity index (χ1v) is 9.39. The summed E-state index contributed by atoms with van der Waals surface area (Å²) in [6.07, 6.45) is 5.86. The lowest BCUT2D eigenvalue weighted by Gasteiger charge is -2.29. The maximum Gasteiger partial charge on any atom is 0.227 e. The fourth-order valence-electron chi connectivity index (χ4n) is 3.71. The highest BCUT2D eigenvalue weighted by atomic mass is 19.1. The van der Waals surface area contributed by atoms with Crippen molar-refractivity contribution in [3.63, 3.8) is 0 Å². The van der Waals surface area contributed by atoms with Crippen LogP contribution in [0.5, 0.6) is 0 Å². The predicted molar refractivity (Wildman–Crippen MR) is 101 cm³/mol. The lowest BCUT2D eigenvalue weighted by atomic mass is 10.2. The Hall–Kier alpha value is -2.32. The van der Waals surface area contributed by atoms with Crippen LogP contribution in [0.3, 0.4) is 0 Å². The number of rotatable bonds is 5. The van der Waals surface area contributed by atoms with E-state index in [9.17, 15) is 4.39 Å². The largest absolute Gasteiger partial charge is 0.378 e. The minimum atomic E-state index is -0.281. The average molecular weight is 372 g/mol. The van der Waals surface area contributed by atoms with Gasteiger partial charge in [-0.2, -0.15) is 4.98 Å². The Kier molecular flexibility index (Phi) is 5.45. The third kappa shape index (κ3) is 4.33. The van der Waals surface area contributed by atoms with E-state index >= 15 is 0 Å². The Bertz CT molecular complexity index is 769. The number of ether oxygens (including phenoxy) is 1. The van der Waals surface area contributed by atoms with Crippen molar-refractivity contribution in [3.8, 4) is 0 Å². The van der Waals surface area contributed by atoms with Crippen molar-refractivity contribution in [2.45, 2.75) is 19.0 Å². The second kappa shape index (κ2) is 8.14. The molecule has 2 saturated heterocycles. The van der Waals surface area contributed by atoms with Crippen LogP contribution in [-0.4, -0.2) is 72.3 Å². The highest BCUT2D eigenvalue weighted by Crippen LogP contribution is 2.23. The van der Waals surface area contributed by atoms with E-state index < -0.39 is 0 Å². The molecule has 4 rings (SSSR count). The normalized spacial score (nSPS) is 20.8. The Morgan fingerprint density at radius 2 is 2.11 bits per heavy atom. The number of likely N-dealkylation sites (tertiary alicyclic amines) is 1. The summed E-state index contributed by atoms with van der Waals surface area (Å²) in [7, 11) is 2.09. The van der Waals surface area contributed by atoms with Gasteiger partial charge in [-0.05, 0) is 24.1 Å². The summed E-state index contributed by atoms with van der Waals surface area (Å²) in [4.78, 5) is 19.9. The summed E-state index contributed by atoms with van der Waals surface area (Å²) in [6.45, 7) is 5.71. The molecule has 1 atom stereocenters. The Balaban J connectivity index is 1.39. The van der Waals surface area contributed by atoms with Crippen molar-refractivity contribution in [2.24, 2.45) is 0 Å². The van der Waals surface area contributed by atoms with Crippen molar-refractivity contribution in [1.82, 2.24) is 19.9 Å². The van der Waals surface area contributed by atoms with Gasteiger partial charge in [0, 0.05) is 58.2 Å². The Morgan fingerprint density at radius 3 is 2.93 bits per heavy atom. The molecule has 2 aliphatic heterocycles. The highest BCUT2D eigenvalue weighted by Gasteiger charge is 2.27. The maximum atomic E-state index is 13.3. The molecule has 0 spiro atoms. The third-order valence-corrected chi connectivity index (χ3v) is 5.25. The molecule has 0 saturated carbocycles. The second-order valence-corrected chi connectivity index (χ2v) is 7.11. The Morgan fingerprint density at radius 1 is 1.26 bits per heavy atom. The molecule has 144 valence electrons. The summed E-state index contributed by atoms with van der Waals surface area (Å²) in [5.74, 6) is 1.42. The molecule has 2 aromatic heterocycles. The molecule has 0 aliphatic carbocycles. The molecule has 27 heavy (non-hydrogen) atoms. The van der Waals surface area contributed by atoms with Gasteiger partial charge in [-0.3, -0.25) is 9.88 Å². The van der Waals surface area contributed by atoms with Crippen LogP contribution >= 0.6 is 0 Å². The molecular weight excluding hydrogens is 347 g/mol. The van der Waals surface area contributed by atoms with Gasteiger partial charge in [-0.15, -0.1) is 0 Å². The summed E-state index contributed by atoms with van der Waals surface area (Å²) in [5.41, 5.74) is 0.912. The first-order valence-electron chi connectivity index (χ1n) is 9.39. The van der Waals surface area contributed by atoms with E-state index in [-0.39, 0.29) is 5.82 Å². The second-order valence-electron chi connectivity index (χ2n) is 7.11. The van der Waals surface area contributed by atoms with E-state index in [4.69, 9.17) is 9.72 Å². The molecule has 0 N–H and O–H groups in total. The average Bonchev–Trinajstić information content (AvgIpc) is 3.16. The predicted octanol–water partition coefficient (Wildman–Crippen LogP) is 1.56. The van der Waals surface area contributed by atoms with Crippen LogP contribution in [0.25, 0.3) is 0 Å². The van der Waals surface area contributed by atoms with Crippen molar-refractivity contribution in [3.05, 3.63) is 42.1 Å². The zero-order valence-corrected chi connectivity index (χ0v) is 15.6. The van der Waals surface area contributed by atoms with Gasteiger partial charge in [-0.25, -0.2) is 9.37 Å². The maximum absolute atomic E-state index is 13.3. The van der Waals surface area contributed by atoms with Crippen LogP contribution in [0.15, 0.2) is 30.7 Å². The van der Waals surface area contributed by atoms with E-state index in [0.29, 0.717) is 6.04 Å². The summed E-state index contributed by atoms with van der Waals surface area (Å²) < 4.78 is 18.8. The molecule has 1 unspecified atom stereocenters. The molecule has 8 heteroatoms.